The van der Waals surface area contributed by atoms with Crippen LogP contribution in [0.25, 0.3) is 0 Å². The molecular formula is C13H13FN2O. The number of nitrogens with zero attached hydrogens (tertiary/aromatic N) is 1. The van der Waals surface area contributed by atoms with Gasteiger partial charge >= 0.3 is 0 Å². The molecule has 1 aliphatic heterocycles. The first kappa shape index (κ1) is 11.5. The summed E-state index contributed by atoms with van der Waals surface area (Å²) in [7, 11) is 1.73. The molecular weight excluding hydrogens is 219 g/mol. The smallest absolute Gasteiger partial charge is 0.228 e. The van der Waals surface area contributed by atoms with Crippen LogP contribution >= 0.6 is 0 Å². The molecule has 0 spiro atoms. The molecule has 1 heterocycles. The molecule has 88 valence electrons. The molecule has 2 rings (SSSR count). The molecule has 1 N–H and O–H groups in total. The summed E-state index contributed by atoms with van der Waals surface area (Å²) in [5.41, 5.74) is 1.27. The van der Waals surface area contributed by atoms with Crippen LogP contribution in [0.15, 0.2) is 18.2 Å². The van der Waals surface area contributed by atoms with Crippen LogP contribution < -0.4 is 10.2 Å². The molecule has 1 aromatic carbocycles. The van der Waals surface area contributed by atoms with Crippen molar-refractivity contribution in [1.82, 2.24) is 0 Å². The van der Waals surface area contributed by atoms with Crippen LogP contribution in [-0.4, -0.2) is 19.5 Å². The highest BCUT2D eigenvalue weighted by Gasteiger charge is 2.30. The average molecular weight is 232 g/mol. The minimum atomic E-state index is -0.365. The lowest BCUT2D eigenvalue weighted by atomic mass is 10.1. The van der Waals surface area contributed by atoms with Crippen LogP contribution in [0.2, 0.25) is 0 Å². The molecule has 17 heavy (non-hydrogen) atoms. The third kappa shape index (κ3) is 2.09. The fraction of sp³-hybridized carbons (Fsp3) is 0.308. The van der Waals surface area contributed by atoms with Crippen molar-refractivity contribution in [1.29, 1.82) is 0 Å². The number of anilines is 2. The van der Waals surface area contributed by atoms with Crippen LogP contribution in [0.1, 0.15) is 6.42 Å². The van der Waals surface area contributed by atoms with Crippen molar-refractivity contribution in [2.45, 2.75) is 6.42 Å². The minimum Gasteiger partial charge on any atom is -0.386 e. The fourth-order valence-electron chi connectivity index (χ4n) is 1.99. The average Bonchev–Trinajstić information content (AvgIpc) is 2.70. The van der Waals surface area contributed by atoms with Crippen molar-refractivity contribution in [3.05, 3.63) is 24.0 Å². The van der Waals surface area contributed by atoms with Crippen LogP contribution in [-0.2, 0) is 4.79 Å². The van der Waals surface area contributed by atoms with Crippen LogP contribution in [0, 0.1) is 24.1 Å². The first-order chi connectivity index (χ1) is 8.15. The summed E-state index contributed by atoms with van der Waals surface area (Å²) in [5, 5.41) is 2.94. The molecule has 1 amide bonds. The van der Waals surface area contributed by atoms with Gasteiger partial charge in [0.25, 0.3) is 0 Å². The van der Waals surface area contributed by atoms with Gasteiger partial charge in [0.05, 0.1) is 11.4 Å². The second-order valence-electron chi connectivity index (χ2n) is 3.98. The summed E-state index contributed by atoms with van der Waals surface area (Å²) in [6, 6.07) is 4.32. The van der Waals surface area contributed by atoms with E-state index in [9.17, 15) is 9.18 Å². The van der Waals surface area contributed by atoms with E-state index in [4.69, 9.17) is 6.42 Å². The number of benzene rings is 1. The number of terminal acetylenes is 1. The molecule has 0 saturated carbocycles. The highest BCUT2D eigenvalue weighted by atomic mass is 19.1. The molecule has 1 atom stereocenters. The lowest BCUT2D eigenvalue weighted by Gasteiger charge is -2.19. The van der Waals surface area contributed by atoms with Gasteiger partial charge in [-0.2, -0.15) is 0 Å². The largest absolute Gasteiger partial charge is 0.386 e. The standard InChI is InChI=1S/C13H13FN2O/c1-3-9-6-13(17)16(8-9)12-7-10(14)4-5-11(12)15-2/h1,4-5,7,9,15H,6,8H2,2H3. The van der Waals surface area contributed by atoms with Gasteiger partial charge in [0, 0.05) is 25.9 Å². The Balaban J connectivity index is 2.37. The Morgan fingerprint density at radius 2 is 2.35 bits per heavy atom. The fourth-order valence-corrected chi connectivity index (χ4v) is 1.99. The number of rotatable bonds is 2. The molecule has 0 bridgehead atoms. The Labute approximate surface area is 99.6 Å². The second-order valence-corrected chi connectivity index (χ2v) is 3.98. The number of halogens is 1. The molecule has 3 nitrogen and oxygen atoms in total. The van der Waals surface area contributed by atoms with Gasteiger partial charge in [0.2, 0.25) is 5.91 Å². The van der Waals surface area contributed by atoms with Crippen LogP contribution in [0.4, 0.5) is 15.8 Å². The number of hydrogen-bond donors (Lipinski definition) is 1. The van der Waals surface area contributed by atoms with Gasteiger partial charge in [-0.05, 0) is 18.2 Å². The van der Waals surface area contributed by atoms with Gasteiger partial charge in [-0.1, -0.05) is 0 Å². The van der Waals surface area contributed by atoms with E-state index in [0.717, 1.165) is 5.69 Å². The van der Waals surface area contributed by atoms with Gasteiger partial charge in [-0.3, -0.25) is 4.79 Å². The second kappa shape index (κ2) is 4.46. The summed E-state index contributed by atoms with van der Waals surface area (Å²) in [4.78, 5) is 13.3. The number of nitrogens with one attached hydrogen (secondary N) is 1. The first-order valence-corrected chi connectivity index (χ1v) is 5.39. The lowest BCUT2D eigenvalue weighted by molar-refractivity contribution is -0.117. The van der Waals surface area contributed by atoms with Crippen molar-refractivity contribution in [3.8, 4) is 12.3 Å². The van der Waals surface area contributed by atoms with E-state index in [1.807, 2.05) is 0 Å². The summed E-state index contributed by atoms with van der Waals surface area (Å²) in [5.74, 6) is 2.06. The Kier molecular flexibility index (Phi) is 3.01. The maximum absolute atomic E-state index is 13.2. The Morgan fingerprint density at radius 1 is 1.59 bits per heavy atom. The monoisotopic (exact) mass is 232 g/mol. The molecule has 1 aliphatic rings. The maximum atomic E-state index is 13.2. The minimum absolute atomic E-state index is 0.0601. The topological polar surface area (TPSA) is 32.3 Å². The molecule has 0 aliphatic carbocycles. The van der Waals surface area contributed by atoms with Crippen molar-refractivity contribution >= 4 is 17.3 Å². The molecule has 1 saturated heterocycles. The van der Waals surface area contributed by atoms with Gasteiger partial charge in [0.15, 0.2) is 0 Å². The summed E-state index contributed by atoms with van der Waals surface area (Å²) in [6.07, 6.45) is 5.65. The van der Waals surface area contributed by atoms with E-state index in [2.05, 4.69) is 11.2 Å². The molecule has 0 aromatic heterocycles. The SMILES string of the molecule is C#CC1CC(=O)N(c2cc(F)ccc2NC)C1. The van der Waals surface area contributed by atoms with Gasteiger partial charge < -0.3 is 10.2 Å². The van der Waals surface area contributed by atoms with Gasteiger partial charge in [-0.25, -0.2) is 4.39 Å². The summed E-state index contributed by atoms with van der Waals surface area (Å²) in [6.45, 7) is 0.452. The van der Waals surface area contributed by atoms with E-state index in [1.165, 1.54) is 12.1 Å². The van der Waals surface area contributed by atoms with Gasteiger partial charge in [-0.15, -0.1) is 12.3 Å². The molecule has 1 aromatic rings. The van der Waals surface area contributed by atoms with E-state index in [0.29, 0.717) is 18.7 Å². The van der Waals surface area contributed by atoms with Crippen molar-refractivity contribution < 1.29 is 9.18 Å². The summed E-state index contributed by atoms with van der Waals surface area (Å²) < 4.78 is 13.2. The van der Waals surface area contributed by atoms with Gasteiger partial charge in [0.1, 0.15) is 5.82 Å². The van der Waals surface area contributed by atoms with E-state index in [1.54, 1.807) is 18.0 Å². The Hall–Kier alpha value is -2.02. The van der Waals surface area contributed by atoms with Crippen molar-refractivity contribution in [2.24, 2.45) is 5.92 Å². The third-order valence-corrected chi connectivity index (χ3v) is 2.88. The first-order valence-electron chi connectivity index (χ1n) is 5.39. The van der Waals surface area contributed by atoms with Crippen molar-refractivity contribution in [2.75, 3.05) is 23.8 Å². The molecule has 4 heteroatoms. The zero-order valence-electron chi connectivity index (χ0n) is 9.53. The third-order valence-electron chi connectivity index (χ3n) is 2.88. The number of carbonyl (C=O) groups is 1. The maximum Gasteiger partial charge on any atom is 0.228 e. The van der Waals surface area contributed by atoms with Crippen LogP contribution in [0.3, 0.4) is 0 Å². The predicted octanol–water partition coefficient (Wildman–Crippen LogP) is 1.85. The number of amides is 1. The highest BCUT2D eigenvalue weighted by Crippen LogP contribution is 2.31. The number of carbonyl (C=O) groups excluding carboxylic acids is 1. The normalized spacial score (nSPS) is 19.2. The quantitative estimate of drug-likeness (QED) is 0.789. The van der Waals surface area contributed by atoms with Crippen LogP contribution in [0.5, 0.6) is 0 Å². The molecule has 1 fully saturated rings. The number of hydrogen-bond acceptors (Lipinski definition) is 2. The predicted molar refractivity (Wildman–Crippen MR) is 65.2 cm³/mol. The van der Waals surface area contributed by atoms with E-state index in [-0.39, 0.29) is 17.6 Å². The molecule has 0 radical (unpaired) electrons. The zero-order chi connectivity index (χ0) is 12.4. The molecule has 1 unspecified atom stereocenters. The Morgan fingerprint density at radius 3 is 2.94 bits per heavy atom. The zero-order valence-corrected chi connectivity index (χ0v) is 9.53. The van der Waals surface area contributed by atoms with E-state index >= 15 is 0 Å². The van der Waals surface area contributed by atoms with E-state index < -0.39 is 0 Å². The lowest BCUT2D eigenvalue weighted by Crippen LogP contribution is -2.25. The Bertz CT molecular complexity index is 493. The summed E-state index contributed by atoms with van der Waals surface area (Å²) >= 11 is 0. The highest BCUT2D eigenvalue weighted by molar-refractivity contribution is 5.99. The van der Waals surface area contributed by atoms with Crippen molar-refractivity contribution in [3.63, 3.8) is 0 Å².